The van der Waals surface area contributed by atoms with Crippen LogP contribution in [0.15, 0.2) is 18.3 Å². The number of methoxy groups -OCH3 is 1. The first-order valence-corrected chi connectivity index (χ1v) is 7.17. The van der Waals surface area contributed by atoms with Crippen molar-refractivity contribution in [2.75, 3.05) is 13.7 Å². The number of pyridine rings is 1. The maximum absolute atomic E-state index is 5.09. The average Bonchev–Trinajstić information content (AvgIpc) is 2.36. The van der Waals surface area contributed by atoms with E-state index >= 15 is 0 Å². The molecule has 1 aromatic heterocycles. The third-order valence-electron chi connectivity index (χ3n) is 3.22. The van der Waals surface area contributed by atoms with Crippen LogP contribution in [0.1, 0.15) is 46.1 Å². The van der Waals surface area contributed by atoms with Gasteiger partial charge in [-0.1, -0.05) is 33.8 Å². The quantitative estimate of drug-likeness (QED) is 0.819. The molecule has 3 nitrogen and oxygen atoms in total. The van der Waals surface area contributed by atoms with Gasteiger partial charge in [0.15, 0.2) is 0 Å². The van der Waals surface area contributed by atoms with E-state index in [1.54, 1.807) is 7.11 Å². The van der Waals surface area contributed by atoms with Crippen LogP contribution >= 0.6 is 0 Å². The molecule has 1 N–H and O–H groups in total. The summed E-state index contributed by atoms with van der Waals surface area (Å²) in [4.78, 5) is 4.27. The van der Waals surface area contributed by atoms with Crippen molar-refractivity contribution in [2.24, 2.45) is 5.41 Å². The summed E-state index contributed by atoms with van der Waals surface area (Å²) in [5, 5.41) is 3.57. The fraction of sp³-hybridized carbons (Fsp3) is 0.688. The number of aromatic nitrogens is 1. The van der Waals surface area contributed by atoms with Gasteiger partial charge < -0.3 is 10.1 Å². The molecule has 0 spiro atoms. The first-order chi connectivity index (χ1) is 8.94. The zero-order valence-electron chi connectivity index (χ0n) is 13.0. The topological polar surface area (TPSA) is 34.1 Å². The Morgan fingerprint density at radius 2 is 2.05 bits per heavy atom. The summed E-state index contributed by atoms with van der Waals surface area (Å²) in [6.45, 7) is 10.1. The molecule has 1 rings (SSSR count). The van der Waals surface area contributed by atoms with Crippen LogP contribution in [0.5, 0.6) is 5.88 Å². The highest BCUT2D eigenvalue weighted by atomic mass is 16.5. The zero-order valence-corrected chi connectivity index (χ0v) is 13.0. The summed E-state index contributed by atoms with van der Waals surface area (Å²) in [6, 6.07) is 4.56. The molecule has 1 atom stereocenters. The Morgan fingerprint density at radius 1 is 1.32 bits per heavy atom. The van der Waals surface area contributed by atoms with Crippen molar-refractivity contribution in [3.05, 3.63) is 23.9 Å². The third-order valence-corrected chi connectivity index (χ3v) is 3.22. The Bertz CT molecular complexity index is 354. The minimum atomic E-state index is 0.395. The average molecular weight is 264 g/mol. The molecular weight excluding hydrogens is 236 g/mol. The summed E-state index contributed by atoms with van der Waals surface area (Å²) in [7, 11) is 1.65. The first kappa shape index (κ1) is 16.0. The molecule has 0 radical (unpaired) electrons. The predicted molar refractivity (Wildman–Crippen MR) is 80.6 cm³/mol. The van der Waals surface area contributed by atoms with E-state index in [1.165, 1.54) is 18.4 Å². The minimum Gasteiger partial charge on any atom is -0.481 e. The standard InChI is InChI=1S/C16H28N2O/c1-6-17-14(9-10-16(2,3)4)11-13-7-8-15(19-5)18-12-13/h7-8,12,14,17H,6,9-11H2,1-5H3. The molecular formula is C16H28N2O. The van der Waals surface area contributed by atoms with Crippen molar-refractivity contribution < 1.29 is 4.74 Å². The van der Waals surface area contributed by atoms with Gasteiger partial charge in [-0.05, 0) is 36.8 Å². The highest BCUT2D eigenvalue weighted by Gasteiger charge is 2.15. The second-order valence-corrected chi connectivity index (χ2v) is 6.27. The van der Waals surface area contributed by atoms with Crippen molar-refractivity contribution in [3.8, 4) is 5.88 Å². The van der Waals surface area contributed by atoms with Crippen molar-refractivity contribution in [3.63, 3.8) is 0 Å². The Hall–Kier alpha value is -1.09. The molecule has 0 aromatic carbocycles. The monoisotopic (exact) mass is 264 g/mol. The fourth-order valence-electron chi connectivity index (χ4n) is 2.11. The van der Waals surface area contributed by atoms with E-state index in [0.717, 1.165) is 13.0 Å². The first-order valence-electron chi connectivity index (χ1n) is 7.17. The van der Waals surface area contributed by atoms with Crippen LogP contribution in [-0.4, -0.2) is 24.7 Å². The van der Waals surface area contributed by atoms with E-state index in [0.29, 0.717) is 17.3 Å². The third kappa shape index (κ3) is 6.58. The van der Waals surface area contributed by atoms with Crippen molar-refractivity contribution in [1.29, 1.82) is 0 Å². The van der Waals surface area contributed by atoms with Crippen LogP contribution in [0.25, 0.3) is 0 Å². The van der Waals surface area contributed by atoms with Gasteiger partial charge in [-0.3, -0.25) is 0 Å². The molecule has 19 heavy (non-hydrogen) atoms. The second-order valence-electron chi connectivity index (χ2n) is 6.27. The molecule has 0 aliphatic carbocycles. The van der Waals surface area contributed by atoms with Crippen LogP contribution in [0.3, 0.4) is 0 Å². The molecule has 0 amide bonds. The van der Waals surface area contributed by atoms with Crippen molar-refractivity contribution in [2.45, 2.75) is 53.0 Å². The lowest BCUT2D eigenvalue weighted by atomic mass is 9.87. The maximum atomic E-state index is 5.09. The van der Waals surface area contributed by atoms with E-state index in [-0.39, 0.29) is 0 Å². The summed E-state index contributed by atoms with van der Waals surface area (Å²) >= 11 is 0. The van der Waals surface area contributed by atoms with Crippen molar-refractivity contribution in [1.82, 2.24) is 10.3 Å². The van der Waals surface area contributed by atoms with Crippen LogP contribution < -0.4 is 10.1 Å². The second kappa shape index (κ2) is 7.49. The van der Waals surface area contributed by atoms with Gasteiger partial charge in [-0.25, -0.2) is 4.98 Å². The van der Waals surface area contributed by atoms with Gasteiger partial charge in [-0.15, -0.1) is 0 Å². The smallest absolute Gasteiger partial charge is 0.212 e. The normalized spacial score (nSPS) is 13.3. The van der Waals surface area contributed by atoms with Crippen molar-refractivity contribution >= 4 is 0 Å². The number of rotatable bonds is 7. The molecule has 0 fully saturated rings. The molecule has 1 heterocycles. The molecule has 0 aliphatic heterocycles. The van der Waals surface area contributed by atoms with Crippen LogP contribution in [0.4, 0.5) is 0 Å². The molecule has 0 saturated carbocycles. The van der Waals surface area contributed by atoms with E-state index in [4.69, 9.17) is 4.74 Å². The highest BCUT2D eigenvalue weighted by molar-refractivity contribution is 5.18. The van der Waals surface area contributed by atoms with Crippen LogP contribution in [0, 0.1) is 5.41 Å². The largest absolute Gasteiger partial charge is 0.481 e. The summed E-state index contributed by atoms with van der Waals surface area (Å²) in [5.74, 6) is 0.679. The number of nitrogens with zero attached hydrogens (tertiary/aromatic N) is 1. The summed E-state index contributed by atoms with van der Waals surface area (Å²) in [6.07, 6.45) is 5.37. The molecule has 0 aliphatic rings. The molecule has 108 valence electrons. The predicted octanol–water partition coefficient (Wildman–Crippen LogP) is 3.44. The Kier molecular flexibility index (Phi) is 6.29. The number of hydrogen-bond acceptors (Lipinski definition) is 3. The minimum absolute atomic E-state index is 0.395. The highest BCUT2D eigenvalue weighted by Crippen LogP contribution is 2.22. The molecule has 3 heteroatoms. The van der Waals surface area contributed by atoms with Gasteiger partial charge in [0.2, 0.25) is 5.88 Å². The number of ether oxygens (including phenoxy) is 1. The Balaban J connectivity index is 2.56. The maximum Gasteiger partial charge on any atom is 0.212 e. The van der Waals surface area contributed by atoms with Gasteiger partial charge in [0.25, 0.3) is 0 Å². The lowest BCUT2D eigenvalue weighted by Crippen LogP contribution is -2.32. The van der Waals surface area contributed by atoms with Gasteiger partial charge in [-0.2, -0.15) is 0 Å². The SMILES string of the molecule is CCNC(CCC(C)(C)C)Cc1ccc(OC)nc1. The number of hydrogen-bond donors (Lipinski definition) is 1. The van der Waals surface area contributed by atoms with Gasteiger partial charge in [0.05, 0.1) is 7.11 Å². The molecule has 1 aromatic rings. The molecule has 1 unspecified atom stereocenters. The number of nitrogens with one attached hydrogen (secondary N) is 1. The summed E-state index contributed by atoms with van der Waals surface area (Å²) < 4.78 is 5.09. The summed E-state index contributed by atoms with van der Waals surface area (Å²) in [5.41, 5.74) is 1.66. The van der Waals surface area contributed by atoms with E-state index in [9.17, 15) is 0 Å². The van der Waals surface area contributed by atoms with E-state index < -0.39 is 0 Å². The van der Waals surface area contributed by atoms with E-state index in [2.05, 4.69) is 44.1 Å². The molecule has 0 bridgehead atoms. The Morgan fingerprint density at radius 3 is 2.53 bits per heavy atom. The van der Waals surface area contributed by atoms with Crippen LogP contribution in [0.2, 0.25) is 0 Å². The van der Waals surface area contributed by atoms with Gasteiger partial charge in [0.1, 0.15) is 0 Å². The lowest BCUT2D eigenvalue weighted by molar-refractivity contribution is 0.330. The van der Waals surface area contributed by atoms with Gasteiger partial charge >= 0.3 is 0 Å². The Labute approximate surface area is 117 Å². The fourth-order valence-corrected chi connectivity index (χ4v) is 2.11. The number of likely N-dealkylation sites (N-methyl/N-ethyl adjacent to an activating group) is 1. The lowest BCUT2D eigenvalue weighted by Gasteiger charge is -2.24. The van der Waals surface area contributed by atoms with E-state index in [1.807, 2.05) is 12.3 Å². The van der Waals surface area contributed by atoms with Crippen LogP contribution in [-0.2, 0) is 6.42 Å². The van der Waals surface area contributed by atoms with Gasteiger partial charge in [0, 0.05) is 18.3 Å². The zero-order chi connectivity index (χ0) is 14.3. The molecule has 0 saturated heterocycles.